The lowest BCUT2D eigenvalue weighted by Gasteiger charge is -2.14. The molecule has 2 aromatic heterocycles. The molecule has 0 aliphatic heterocycles. The summed E-state index contributed by atoms with van der Waals surface area (Å²) in [6, 6.07) is 12.9. The third kappa shape index (κ3) is 6.76. The summed E-state index contributed by atoms with van der Waals surface area (Å²) >= 11 is 0. The lowest BCUT2D eigenvalue weighted by molar-refractivity contribution is -0.142. The van der Waals surface area contributed by atoms with Crippen molar-refractivity contribution in [3.63, 3.8) is 0 Å². The predicted octanol–water partition coefficient (Wildman–Crippen LogP) is 6.26. The summed E-state index contributed by atoms with van der Waals surface area (Å²) in [6.07, 6.45) is 1.64. The van der Waals surface area contributed by atoms with Crippen molar-refractivity contribution < 1.29 is 27.8 Å². The van der Waals surface area contributed by atoms with Gasteiger partial charge in [-0.2, -0.15) is 0 Å². The van der Waals surface area contributed by atoms with Gasteiger partial charge in [0, 0.05) is 41.9 Å². The molecule has 0 amide bonds. The van der Waals surface area contributed by atoms with E-state index in [2.05, 4.69) is 4.98 Å². The van der Waals surface area contributed by atoms with Crippen LogP contribution >= 0.6 is 0 Å². The number of nitrogens with two attached hydrogens (primary N) is 1. The first-order valence-electron chi connectivity index (χ1n) is 12.7. The molecule has 2 N–H and O–H groups in total. The fourth-order valence-corrected chi connectivity index (χ4v) is 4.07. The predicted molar refractivity (Wildman–Crippen MR) is 145 cm³/mol. The van der Waals surface area contributed by atoms with E-state index in [9.17, 15) is 4.79 Å². The third-order valence-electron chi connectivity index (χ3n) is 5.72. The number of carbonyl (C=O) groups excluding carboxylic acids is 1. The summed E-state index contributed by atoms with van der Waals surface area (Å²) < 4.78 is 37.7. The lowest BCUT2D eigenvalue weighted by Crippen LogP contribution is -2.09. The molecule has 0 atom stereocenters. The number of halogens is 1. The molecule has 0 aliphatic carbocycles. The second kappa shape index (κ2) is 13.7. The van der Waals surface area contributed by atoms with Crippen molar-refractivity contribution in [3.05, 3.63) is 82.6 Å². The van der Waals surface area contributed by atoms with Crippen molar-refractivity contribution in [2.75, 3.05) is 13.7 Å². The van der Waals surface area contributed by atoms with E-state index in [0.29, 0.717) is 34.8 Å². The average Bonchev–Trinajstić information content (AvgIpc) is 3.32. The van der Waals surface area contributed by atoms with Crippen LogP contribution in [0, 0.1) is 12.7 Å². The number of methoxy groups -OCH3 is 1. The molecule has 202 valence electrons. The quantitative estimate of drug-likeness (QED) is 0.246. The van der Waals surface area contributed by atoms with Crippen LogP contribution in [0.25, 0.3) is 22.1 Å². The Labute approximate surface area is 222 Å². The molecule has 2 heterocycles. The monoisotopic (exact) mass is 522 g/mol. The summed E-state index contributed by atoms with van der Waals surface area (Å²) in [4.78, 5) is 16.1. The molecule has 0 bridgehead atoms. The van der Waals surface area contributed by atoms with Crippen LogP contribution in [0.3, 0.4) is 0 Å². The van der Waals surface area contributed by atoms with Crippen LogP contribution in [0.4, 0.5) is 4.39 Å². The van der Waals surface area contributed by atoms with Crippen LogP contribution < -0.4 is 10.5 Å². The number of esters is 1. The fourth-order valence-electron chi connectivity index (χ4n) is 4.07. The van der Waals surface area contributed by atoms with Crippen molar-refractivity contribution in [1.82, 2.24) is 4.98 Å². The van der Waals surface area contributed by atoms with Gasteiger partial charge in [0.05, 0.1) is 18.7 Å². The van der Waals surface area contributed by atoms with Gasteiger partial charge in [0.15, 0.2) is 5.82 Å². The first kappa shape index (κ1) is 28.8. The largest absolute Gasteiger partial charge is 0.489 e. The SMILES string of the molecule is CC.CCOC(=O)Cc1ccc(C)cc1OCc1cc(-c2ccnc(CN)c2F)c2oc(COC)cc2c1. The first-order chi connectivity index (χ1) is 18.4. The van der Waals surface area contributed by atoms with E-state index in [1.807, 2.05) is 57.2 Å². The van der Waals surface area contributed by atoms with Gasteiger partial charge in [-0.05, 0) is 55.3 Å². The van der Waals surface area contributed by atoms with Crippen LogP contribution in [0.15, 0.2) is 53.1 Å². The van der Waals surface area contributed by atoms with Gasteiger partial charge in [0.1, 0.15) is 30.3 Å². The topological polar surface area (TPSA) is 96.8 Å². The number of benzene rings is 2. The Morgan fingerprint density at radius 1 is 1.08 bits per heavy atom. The number of carbonyl (C=O) groups is 1. The molecular formula is C30H35FN2O5. The van der Waals surface area contributed by atoms with Gasteiger partial charge in [-0.25, -0.2) is 4.39 Å². The van der Waals surface area contributed by atoms with Crippen LogP contribution in [0.2, 0.25) is 0 Å². The van der Waals surface area contributed by atoms with Crippen LogP contribution in [0.5, 0.6) is 5.75 Å². The van der Waals surface area contributed by atoms with Crippen molar-refractivity contribution in [3.8, 4) is 16.9 Å². The number of pyridine rings is 1. The van der Waals surface area contributed by atoms with Crippen LogP contribution in [-0.4, -0.2) is 24.7 Å². The minimum atomic E-state index is -0.487. The van der Waals surface area contributed by atoms with Gasteiger partial charge in [0.2, 0.25) is 0 Å². The highest BCUT2D eigenvalue weighted by molar-refractivity contribution is 5.93. The number of fused-ring (bicyclic) bond motifs is 1. The van der Waals surface area contributed by atoms with Gasteiger partial charge in [-0.15, -0.1) is 0 Å². The fraction of sp³-hybridized carbons (Fsp3) is 0.333. The van der Waals surface area contributed by atoms with Crippen molar-refractivity contribution >= 4 is 16.9 Å². The maximum absolute atomic E-state index is 15.2. The molecule has 4 rings (SSSR count). The van der Waals surface area contributed by atoms with Gasteiger partial charge in [0.25, 0.3) is 0 Å². The highest BCUT2D eigenvalue weighted by Gasteiger charge is 2.18. The maximum atomic E-state index is 15.2. The Hall–Kier alpha value is -3.75. The standard InChI is InChI=1S/C28H29FN2O5.C2H6/c1-4-34-26(32)13-19-6-5-17(2)9-25(19)35-15-18-10-20-12-21(16-33-3)36-28(20)23(11-18)22-7-8-31-24(14-30)27(22)29;1-2/h5-12H,4,13-16,30H2,1-3H3;1-2H3. The Kier molecular flexibility index (Phi) is 10.4. The molecule has 8 heteroatoms. The highest BCUT2D eigenvalue weighted by atomic mass is 19.1. The number of aryl methyl sites for hydroxylation is 1. The van der Waals surface area contributed by atoms with E-state index in [4.69, 9.17) is 24.4 Å². The molecule has 2 aromatic carbocycles. The first-order valence-corrected chi connectivity index (χ1v) is 12.7. The molecular weight excluding hydrogens is 487 g/mol. The Bertz CT molecular complexity index is 1380. The number of rotatable bonds is 10. The second-order valence-electron chi connectivity index (χ2n) is 8.41. The van der Waals surface area contributed by atoms with Crippen LogP contribution in [-0.2, 0) is 40.4 Å². The van der Waals surface area contributed by atoms with E-state index >= 15 is 4.39 Å². The van der Waals surface area contributed by atoms with E-state index in [1.54, 1.807) is 20.1 Å². The zero-order valence-corrected chi connectivity index (χ0v) is 22.6. The summed E-state index contributed by atoms with van der Waals surface area (Å²) in [5, 5.41) is 0.791. The normalized spacial score (nSPS) is 10.7. The zero-order valence-electron chi connectivity index (χ0n) is 22.6. The molecule has 38 heavy (non-hydrogen) atoms. The lowest BCUT2D eigenvalue weighted by atomic mass is 10.00. The van der Waals surface area contributed by atoms with Crippen LogP contribution in [0.1, 0.15) is 48.9 Å². The molecule has 0 saturated heterocycles. The molecule has 7 nitrogen and oxygen atoms in total. The number of hydrogen-bond donors (Lipinski definition) is 1. The van der Waals surface area contributed by atoms with E-state index in [0.717, 1.165) is 22.1 Å². The number of hydrogen-bond acceptors (Lipinski definition) is 7. The number of ether oxygens (including phenoxy) is 3. The highest BCUT2D eigenvalue weighted by Crippen LogP contribution is 2.35. The molecule has 0 fully saturated rings. The molecule has 0 spiro atoms. The Balaban J connectivity index is 0.00000195. The number of aromatic nitrogens is 1. The van der Waals surface area contributed by atoms with Gasteiger partial charge >= 0.3 is 5.97 Å². The zero-order chi connectivity index (χ0) is 27.7. The average molecular weight is 523 g/mol. The summed E-state index contributed by atoms with van der Waals surface area (Å²) in [5.41, 5.74) is 9.84. The minimum absolute atomic E-state index is 0.0186. The molecule has 0 unspecified atom stereocenters. The molecule has 0 aliphatic rings. The smallest absolute Gasteiger partial charge is 0.310 e. The van der Waals surface area contributed by atoms with Crippen molar-refractivity contribution in [2.45, 2.75) is 53.9 Å². The minimum Gasteiger partial charge on any atom is -0.489 e. The summed E-state index contributed by atoms with van der Waals surface area (Å²) in [6.45, 7) is 8.51. The van der Waals surface area contributed by atoms with Gasteiger partial charge < -0.3 is 24.4 Å². The summed E-state index contributed by atoms with van der Waals surface area (Å²) in [5.74, 6) is 0.413. The van der Waals surface area contributed by atoms with Gasteiger partial charge in [-0.3, -0.25) is 9.78 Å². The Morgan fingerprint density at radius 2 is 1.87 bits per heavy atom. The molecule has 0 radical (unpaired) electrons. The second-order valence-corrected chi connectivity index (χ2v) is 8.41. The Morgan fingerprint density at radius 3 is 2.58 bits per heavy atom. The van der Waals surface area contributed by atoms with Gasteiger partial charge in [-0.1, -0.05) is 26.0 Å². The van der Waals surface area contributed by atoms with E-state index in [1.165, 1.54) is 6.20 Å². The molecule has 0 saturated carbocycles. The van der Waals surface area contributed by atoms with E-state index in [-0.39, 0.29) is 37.8 Å². The maximum Gasteiger partial charge on any atom is 0.310 e. The van der Waals surface area contributed by atoms with Crippen molar-refractivity contribution in [1.29, 1.82) is 0 Å². The summed E-state index contributed by atoms with van der Waals surface area (Å²) in [7, 11) is 1.58. The molecule has 4 aromatic rings. The third-order valence-corrected chi connectivity index (χ3v) is 5.72. The number of furan rings is 1. The van der Waals surface area contributed by atoms with E-state index < -0.39 is 5.82 Å². The number of nitrogens with zero attached hydrogens (tertiary/aromatic N) is 1. The van der Waals surface area contributed by atoms with Crippen molar-refractivity contribution in [2.24, 2.45) is 5.73 Å².